The Morgan fingerprint density at radius 1 is 1.04 bits per heavy atom. The van der Waals surface area contributed by atoms with Gasteiger partial charge in [0.25, 0.3) is 0 Å². The van der Waals surface area contributed by atoms with Crippen LogP contribution in [0.4, 0.5) is 10.1 Å². The number of ketones is 1. The van der Waals surface area contributed by atoms with E-state index in [4.69, 9.17) is 0 Å². The summed E-state index contributed by atoms with van der Waals surface area (Å²) in [5, 5.41) is 0. The lowest BCUT2D eigenvalue weighted by molar-refractivity contribution is -0.118. The monoisotopic (exact) mass is 361 g/mol. The molecule has 0 atom stereocenters. The number of nitrogens with zero attached hydrogens (tertiary/aromatic N) is 3. The Morgan fingerprint density at radius 2 is 1.73 bits per heavy atom. The van der Waals surface area contributed by atoms with Crippen LogP contribution < -0.4 is 4.90 Å². The van der Waals surface area contributed by atoms with E-state index >= 15 is 0 Å². The van der Waals surface area contributed by atoms with Crippen LogP contribution in [0.2, 0.25) is 0 Å². The zero-order valence-corrected chi connectivity index (χ0v) is 16.2. The highest BCUT2D eigenvalue weighted by molar-refractivity contribution is 5.77. The van der Waals surface area contributed by atoms with Crippen molar-refractivity contribution < 1.29 is 9.18 Å². The van der Waals surface area contributed by atoms with Gasteiger partial charge in [-0.15, -0.1) is 0 Å². The molecule has 0 aromatic heterocycles. The van der Waals surface area contributed by atoms with Gasteiger partial charge in [0.1, 0.15) is 11.6 Å². The molecule has 0 unspecified atom stereocenters. The van der Waals surface area contributed by atoms with E-state index in [1.54, 1.807) is 19.1 Å². The third-order valence-corrected chi connectivity index (χ3v) is 5.77. The van der Waals surface area contributed by atoms with Crippen LogP contribution in [0.3, 0.4) is 0 Å². The average molecular weight is 362 g/mol. The maximum atomic E-state index is 13.6. The van der Waals surface area contributed by atoms with Crippen LogP contribution in [0.5, 0.6) is 0 Å². The van der Waals surface area contributed by atoms with Crippen molar-refractivity contribution in [2.75, 3.05) is 57.3 Å². The number of carbonyl (C=O) groups excluding carboxylic acids is 1. The lowest BCUT2D eigenvalue weighted by Crippen LogP contribution is -2.47. The molecule has 2 saturated heterocycles. The van der Waals surface area contributed by atoms with E-state index in [2.05, 4.69) is 20.8 Å². The normalized spacial score (nSPS) is 20.5. The van der Waals surface area contributed by atoms with Gasteiger partial charge >= 0.3 is 0 Å². The van der Waals surface area contributed by atoms with Crippen molar-refractivity contribution in [2.45, 2.75) is 33.1 Å². The van der Waals surface area contributed by atoms with Crippen LogP contribution in [0.1, 0.15) is 31.7 Å². The highest BCUT2D eigenvalue weighted by Crippen LogP contribution is 2.23. The first-order valence-electron chi connectivity index (χ1n) is 9.96. The van der Waals surface area contributed by atoms with Gasteiger partial charge in [0.05, 0.1) is 6.54 Å². The second kappa shape index (κ2) is 8.96. The van der Waals surface area contributed by atoms with Crippen molar-refractivity contribution in [3.8, 4) is 0 Å². The van der Waals surface area contributed by atoms with Crippen LogP contribution in [0.25, 0.3) is 0 Å². The smallest absolute Gasteiger partial charge is 0.143 e. The Hall–Kier alpha value is -1.46. The standard InChI is InChI=1S/C21H32FN3O/c1-17-13-20(22)15-21(14-17)25-11-9-23(10-12-25)6-3-19-4-7-24(8-5-19)16-18(2)26/h13-15,19H,3-12,16H2,1-2H3. The van der Waals surface area contributed by atoms with Crippen molar-refractivity contribution in [2.24, 2.45) is 5.92 Å². The van der Waals surface area contributed by atoms with Crippen LogP contribution in [0, 0.1) is 18.7 Å². The van der Waals surface area contributed by atoms with Gasteiger partial charge in [-0.25, -0.2) is 4.39 Å². The SMILES string of the molecule is CC(=O)CN1CCC(CCN2CCN(c3cc(C)cc(F)c3)CC2)CC1. The first-order valence-corrected chi connectivity index (χ1v) is 9.96. The number of hydrogen-bond donors (Lipinski definition) is 0. The zero-order chi connectivity index (χ0) is 18.5. The number of benzene rings is 1. The molecule has 26 heavy (non-hydrogen) atoms. The first kappa shape index (κ1) is 19.3. The minimum Gasteiger partial charge on any atom is -0.369 e. The lowest BCUT2D eigenvalue weighted by Gasteiger charge is -2.37. The molecule has 144 valence electrons. The number of aryl methyl sites for hydroxylation is 1. The predicted molar refractivity (Wildman–Crippen MR) is 104 cm³/mol. The first-order chi connectivity index (χ1) is 12.5. The maximum Gasteiger partial charge on any atom is 0.143 e. The molecular weight excluding hydrogens is 329 g/mol. The van der Waals surface area contributed by atoms with Crippen molar-refractivity contribution >= 4 is 11.5 Å². The molecule has 4 nitrogen and oxygen atoms in total. The molecule has 0 amide bonds. The van der Waals surface area contributed by atoms with Crippen molar-refractivity contribution in [1.29, 1.82) is 0 Å². The van der Waals surface area contributed by atoms with Gasteiger partial charge in [-0.3, -0.25) is 14.6 Å². The minimum absolute atomic E-state index is 0.140. The number of carbonyl (C=O) groups is 1. The van der Waals surface area contributed by atoms with E-state index < -0.39 is 0 Å². The Balaban J connectivity index is 1.37. The highest BCUT2D eigenvalue weighted by Gasteiger charge is 2.22. The topological polar surface area (TPSA) is 26.8 Å². The Kier molecular flexibility index (Phi) is 6.65. The predicted octanol–water partition coefficient (Wildman–Crippen LogP) is 2.95. The molecule has 5 heteroatoms. The molecular formula is C21H32FN3O. The zero-order valence-electron chi connectivity index (χ0n) is 16.2. The summed E-state index contributed by atoms with van der Waals surface area (Å²) in [6.07, 6.45) is 3.69. The van der Waals surface area contributed by atoms with Crippen molar-refractivity contribution in [3.05, 3.63) is 29.6 Å². The molecule has 0 aliphatic carbocycles. The summed E-state index contributed by atoms with van der Waals surface area (Å²) in [5.41, 5.74) is 2.00. The van der Waals surface area contributed by atoms with E-state index in [-0.39, 0.29) is 11.6 Å². The molecule has 0 bridgehead atoms. The fourth-order valence-corrected chi connectivity index (χ4v) is 4.24. The van der Waals surface area contributed by atoms with Gasteiger partial charge in [-0.05, 0) is 82.4 Å². The largest absolute Gasteiger partial charge is 0.369 e. The van der Waals surface area contributed by atoms with Crippen LogP contribution in [0.15, 0.2) is 18.2 Å². The van der Waals surface area contributed by atoms with E-state index in [0.29, 0.717) is 6.54 Å². The number of rotatable bonds is 6. The fraction of sp³-hybridized carbons (Fsp3) is 0.667. The van der Waals surface area contributed by atoms with Gasteiger partial charge in [-0.1, -0.05) is 0 Å². The molecule has 3 rings (SSSR count). The summed E-state index contributed by atoms with van der Waals surface area (Å²) in [7, 11) is 0. The summed E-state index contributed by atoms with van der Waals surface area (Å²) in [5.74, 6) is 0.926. The molecule has 2 aliphatic rings. The lowest BCUT2D eigenvalue weighted by atomic mass is 9.93. The number of likely N-dealkylation sites (tertiary alicyclic amines) is 1. The summed E-state index contributed by atoms with van der Waals surface area (Å²) in [4.78, 5) is 18.4. The van der Waals surface area contributed by atoms with Crippen molar-refractivity contribution in [1.82, 2.24) is 9.80 Å². The molecule has 0 spiro atoms. The second-order valence-electron chi connectivity index (χ2n) is 8.03. The van der Waals surface area contributed by atoms with Gasteiger partial charge in [0.15, 0.2) is 0 Å². The fourth-order valence-electron chi connectivity index (χ4n) is 4.24. The van der Waals surface area contributed by atoms with E-state index in [0.717, 1.165) is 63.0 Å². The van der Waals surface area contributed by atoms with Crippen molar-refractivity contribution in [3.63, 3.8) is 0 Å². The molecule has 0 saturated carbocycles. The minimum atomic E-state index is -0.140. The van der Waals surface area contributed by atoms with Crippen LogP contribution in [-0.4, -0.2) is 67.9 Å². The number of halogens is 1. The van der Waals surface area contributed by atoms with Crippen LogP contribution >= 0.6 is 0 Å². The summed E-state index contributed by atoms with van der Waals surface area (Å²) in [6.45, 7) is 11.6. The number of piperazine rings is 1. The highest BCUT2D eigenvalue weighted by atomic mass is 19.1. The molecule has 0 radical (unpaired) electrons. The van der Waals surface area contributed by atoms with Gasteiger partial charge in [0.2, 0.25) is 0 Å². The third kappa shape index (κ3) is 5.52. The summed E-state index contributed by atoms with van der Waals surface area (Å²) in [6, 6.07) is 5.31. The molecule has 0 N–H and O–H groups in total. The Labute approximate surface area is 157 Å². The summed E-state index contributed by atoms with van der Waals surface area (Å²) >= 11 is 0. The number of piperidine rings is 1. The molecule has 1 aromatic rings. The quantitative estimate of drug-likeness (QED) is 0.778. The molecule has 1 aromatic carbocycles. The Morgan fingerprint density at radius 3 is 2.35 bits per heavy atom. The second-order valence-corrected chi connectivity index (χ2v) is 8.03. The van der Waals surface area contributed by atoms with Gasteiger partial charge in [0, 0.05) is 31.9 Å². The third-order valence-electron chi connectivity index (χ3n) is 5.77. The van der Waals surface area contributed by atoms with Gasteiger partial charge < -0.3 is 4.90 Å². The van der Waals surface area contributed by atoms with Gasteiger partial charge in [-0.2, -0.15) is 0 Å². The number of anilines is 1. The van der Waals surface area contributed by atoms with E-state index in [1.807, 2.05) is 6.92 Å². The number of Topliss-reactive ketones (excluding diaryl/α,β-unsaturated/α-hetero) is 1. The molecule has 2 fully saturated rings. The van der Waals surface area contributed by atoms with E-state index in [1.165, 1.54) is 19.3 Å². The molecule has 2 heterocycles. The average Bonchev–Trinajstić information content (AvgIpc) is 2.60. The summed E-state index contributed by atoms with van der Waals surface area (Å²) < 4.78 is 13.6. The van der Waals surface area contributed by atoms with E-state index in [9.17, 15) is 9.18 Å². The molecule has 2 aliphatic heterocycles. The van der Waals surface area contributed by atoms with Crippen LogP contribution in [-0.2, 0) is 4.79 Å². The number of hydrogen-bond acceptors (Lipinski definition) is 4. The maximum absolute atomic E-state index is 13.6. The Bertz CT molecular complexity index is 585.